The summed E-state index contributed by atoms with van der Waals surface area (Å²) in [4.78, 5) is 11.6. The second-order valence-corrected chi connectivity index (χ2v) is 4.66. The highest BCUT2D eigenvalue weighted by atomic mass is 35.5. The average molecular weight is 309 g/mol. The van der Waals surface area contributed by atoms with Crippen molar-refractivity contribution < 1.29 is 0 Å². The number of nitrogens with zero attached hydrogens (tertiary/aromatic N) is 3. The Bertz CT molecular complexity index is 519. The Hall–Kier alpha value is -0.610. The fraction of sp³-hybridized carbons (Fsp3) is 0.100. The van der Waals surface area contributed by atoms with Gasteiger partial charge in [-0.05, 0) is 40.9 Å². The molecule has 0 amide bonds. The number of halogens is 4. The molecule has 0 N–H and O–H groups in total. The normalized spacial score (nSPS) is 10.6. The second kappa shape index (κ2) is 5.36. The highest BCUT2D eigenvalue weighted by molar-refractivity contribution is 6.36. The van der Waals surface area contributed by atoms with Crippen molar-refractivity contribution in [2.24, 2.45) is 0 Å². The van der Waals surface area contributed by atoms with Crippen molar-refractivity contribution in [1.82, 2.24) is 15.0 Å². The molecule has 0 spiro atoms. The molecule has 0 radical (unpaired) electrons. The molecule has 0 aliphatic carbocycles. The van der Waals surface area contributed by atoms with Crippen molar-refractivity contribution in [2.45, 2.75) is 6.42 Å². The first-order valence-electron chi connectivity index (χ1n) is 4.55. The summed E-state index contributed by atoms with van der Waals surface area (Å²) in [6, 6.07) is 5.25. The van der Waals surface area contributed by atoms with Crippen molar-refractivity contribution in [2.75, 3.05) is 0 Å². The van der Waals surface area contributed by atoms with Crippen LogP contribution >= 0.6 is 46.4 Å². The van der Waals surface area contributed by atoms with Crippen LogP contribution in [0.4, 0.5) is 0 Å². The van der Waals surface area contributed by atoms with Gasteiger partial charge in [0.25, 0.3) is 0 Å². The molecule has 1 heterocycles. The first-order chi connectivity index (χ1) is 8.06. The molecule has 3 nitrogen and oxygen atoms in total. The molecule has 0 saturated carbocycles. The van der Waals surface area contributed by atoms with E-state index in [2.05, 4.69) is 15.0 Å². The molecule has 2 rings (SSSR count). The topological polar surface area (TPSA) is 38.7 Å². The van der Waals surface area contributed by atoms with E-state index in [1.165, 1.54) is 0 Å². The van der Waals surface area contributed by atoms with Gasteiger partial charge in [0.2, 0.25) is 10.6 Å². The Morgan fingerprint density at radius 3 is 1.88 bits per heavy atom. The lowest BCUT2D eigenvalue weighted by Crippen LogP contribution is -2.00. The van der Waals surface area contributed by atoms with Gasteiger partial charge in [0.05, 0.1) is 0 Å². The van der Waals surface area contributed by atoms with E-state index in [0.717, 1.165) is 5.56 Å². The SMILES string of the molecule is Clc1nc(Cl)nc(Cc2c(Cl)cccc2Cl)n1. The zero-order valence-electron chi connectivity index (χ0n) is 8.29. The third kappa shape index (κ3) is 3.19. The van der Waals surface area contributed by atoms with E-state index >= 15 is 0 Å². The van der Waals surface area contributed by atoms with Crippen LogP contribution in [0.15, 0.2) is 18.2 Å². The third-order valence-electron chi connectivity index (χ3n) is 2.02. The van der Waals surface area contributed by atoms with Crippen molar-refractivity contribution in [1.29, 1.82) is 0 Å². The van der Waals surface area contributed by atoms with Crippen LogP contribution in [0.3, 0.4) is 0 Å². The van der Waals surface area contributed by atoms with Gasteiger partial charge in [0.15, 0.2) is 0 Å². The largest absolute Gasteiger partial charge is 0.226 e. The van der Waals surface area contributed by atoms with Gasteiger partial charge in [-0.1, -0.05) is 29.3 Å². The zero-order chi connectivity index (χ0) is 12.4. The molecular formula is C10H5Cl4N3. The van der Waals surface area contributed by atoms with E-state index < -0.39 is 0 Å². The summed E-state index contributed by atoms with van der Waals surface area (Å²) >= 11 is 23.4. The molecule has 0 aliphatic heterocycles. The van der Waals surface area contributed by atoms with Gasteiger partial charge < -0.3 is 0 Å². The number of hydrogen-bond donors (Lipinski definition) is 0. The smallest absolute Gasteiger partial charge is 0.202 e. The van der Waals surface area contributed by atoms with Crippen LogP contribution in [0.2, 0.25) is 20.6 Å². The Kier molecular flexibility index (Phi) is 4.05. The molecule has 88 valence electrons. The molecule has 17 heavy (non-hydrogen) atoms. The van der Waals surface area contributed by atoms with Crippen LogP contribution in [-0.2, 0) is 6.42 Å². The van der Waals surface area contributed by atoms with E-state index in [0.29, 0.717) is 22.3 Å². The standard InChI is InChI=1S/C10H5Cl4N3/c11-6-2-1-3-7(12)5(6)4-8-15-9(13)17-10(14)16-8/h1-3H,4H2. The van der Waals surface area contributed by atoms with E-state index in [1.54, 1.807) is 18.2 Å². The summed E-state index contributed by atoms with van der Waals surface area (Å²) in [5.41, 5.74) is 0.731. The van der Waals surface area contributed by atoms with Gasteiger partial charge in [0, 0.05) is 16.5 Å². The van der Waals surface area contributed by atoms with Crippen LogP contribution in [0.1, 0.15) is 11.4 Å². The van der Waals surface area contributed by atoms with Crippen molar-refractivity contribution >= 4 is 46.4 Å². The van der Waals surface area contributed by atoms with Gasteiger partial charge in [-0.3, -0.25) is 0 Å². The Morgan fingerprint density at radius 1 is 0.824 bits per heavy atom. The Labute approximate surface area is 118 Å². The number of hydrogen-bond acceptors (Lipinski definition) is 3. The third-order valence-corrected chi connectivity index (χ3v) is 3.07. The molecule has 1 aromatic carbocycles. The molecule has 7 heteroatoms. The zero-order valence-corrected chi connectivity index (χ0v) is 11.3. The molecule has 0 unspecified atom stereocenters. The van der Waals surface area contributed by atoms with Crippen molar-refractivity contribution in [3.8, 4) is 0 Å². The minimum Gasteiger partial charge on any atom is -0.202 e. The maximum atomic E-state index is 6.04. The number of rotatable bonds is 2. The molecule has 0 aliphatic rings. The van der Waals surface area contributed by atoms with Gasteiger partial charge in [0.1, 0.15) is 5.82 Å². The predicted molar refractivity (Wildman–Crippen MR) is 69.1 cm³/mol. The molecule has 0 atom stereocenters. The minimum absolute atomic E-state index is 0.0446. The van der Waals surface area contributed by atoms with Crippen molar-refractivity contribution in [3.63, 3.8) is 0 Å². The fourth-order valence-electron chi connectivity index (χ4n) is 1.30. The lowest BCUT2D eigenvalue weighted by molar-refractivity contribution is 0.919. The maximum Gasteiger partial charge on any atom is 0.226 e. The van der Waals surface area contributed by atoms with Crippen LogP contribution in [0, 0.1) is 0 Å². The van der Waals surface area contributed by atoms with Crippen molar-refractivity contribution in [3.05, 3.63) is 50.2 Å². The van der Waals surface area contributed by atoms with Gasteiger partial charge in [-0.15, -0.1) is 0 Å². The van der Waals surface area contributed by atoms with Crippen LogP contribution in [-0.4, -0.2) is 15.0 Å². The summed E-state index contributed by atoms with van der Waals surface area (Å²) in [7, 11) is 0. The fourth-order valence-corrected chi connectivity index (χ4v) is 2.23. The summed E-state index contributed by atoms with van der Waals surface area (Å²) < 4.78 is 0. The number of benzene rings is 1. The predicted octanol–water partition coefficient (Wildman–Crippen LogP) is 4.08. The molecule has 0 fully saturated rings. The van der Waals surface area contributed by atoms with E-state index in [-0.39, 0.29) is 10.6 Å². The monoisotopic (exact) mass is 307 g/mol. The molecule has 0 saturated heterocycles. The van der Waals surface area contributed by atoms with E-state index in [4.69, 9.17) is 46.4 Å². The maximum absolute atomic E-state index is 6.04. The first-order valence-corrected chi connectivity index (χ1v) is 6.06. The van der Waals surface area contributed by atoms with Crippen LogP contribution < -0.4 is 0 Å². The Balaban J connectivity index is 2.38. The summed E-state index contributed by atoms with van der Waals surface area (Å²) in [5.74, 6) is 0.421. The second-order valence-electron chi connectivity index (χ2n) is 3.17. The highest BCUT2D eigenvalue weighted by Crippen LogP contribution is 2.26. The Morgan fingerprint density at radius 2 is 1.35 bits per heavy atom. The van der Waals surface area contributed by atoms with E-state index in [9.17, 15) is 0 Å². The highest BCUT2D eigenvalue weighted by Gasteiger charge is 2.10. The summed E-state index contributed by atoms with van der Waals surface area (Å²) in [5, 5.41) is 1.18. The van der Waals surface area contributed by atoms with Crippen LogP contribution in [0.25, 0.3) is 0 Å². The van der Waals surface area contributed by atoms with Gasteiger partial charge in [-0.2, -0.15) is 4.98 Å². The molecule has 0 bridgehead atoms. The number of aromatic nitrogens is 3. The lowest BCUT2D eigenvalue weighted by Gasteiger charge is -2.05. The van der Waals surface area contributed by atoms with E-state index in [1.807, 2.05) is 0 Å². The molecule has 1 aromatic heterocycles. The van der Waals surface area contributed by atoms with Crippen LogP contribution in [0.5, 0.6) is 0 Å². The average Bonchev–Trinajstić information content (AvgIpc) is 2.22. The van der Waals surface area contributed by atoms with Gasteiger partial charge in [-0.25, -0.2) is 9.97 Å². The molecular weight excluding hydrogens is 304 g/mol. The minimum atomic E-state index is 0.0446. The summed E-state index contributed by atoms with van der Waals surface area (Å²) in [6.45, 7) is 0. The first kappa shape index (κ1) is 12.8. The lowest BCUT2D eigenvalue weighted by atomic mass is 10.1. The summed E-state index contributed by atoms with van der Waals surface area (Å²) in [6.07, 6.45) is 0.348. The quantitative estimate of drug-likeness (QED) is 0.839. The van der Waals surface area contributed by atoms with Gasteiger partial charge >= 0.3 is 0 Å². The molecule has 2 aromatic rings.